The van der Waals surface area contributed by atoms with Crippen molar-refractivity contribution in [1.82, 2.24) is 9.97 Å². The number of hydrogen-bond acceptors (Lipinski definition) is 6. The number of benzene rings is 2. The van der Waals surface area contributed by atoms with Crippen LogP contribution in [0.5, 0.6) is 0 Å². The molecule has 0 unspecified atom stereocenters. The summed E-state index contributed by atoms with van der Waals surface area (Å²) in [5.74, 6) is -2.82. The summed E-state index contributed by atoms with van der Waals surface area (Å²) in [7, 11) is 0. The Balaban J connectivity index is 1.82. The zero-order valence-electron chi connectivity index (χ0n) is 14.9. The first kappa shape index (κ1) is 18.7. The molecule has 0 fully saturated rings. The van der Waals surface area contributed by atoms with E-state index in [1.165, 1.54) is 6.07 Å². The van der Waals surface area contributed by atoms with Crippen LogP contribution in [0.2, 0.25) is 0 Å². The lowest BCUT2D eigenvalue weighted by Crippen LogP contribution is -2.09. The number of nitrogens with zero attached hydrogens (tertiary/aromatic N) is 3. The first-order chi connectivity index (χ1) is 14.1. The summed E-state index contributed by atoms with van der Waals surface area (Å²) >= 11 is 0.964. The Labute approximate surface area is 169 Å². The number of hydrogen-bond donors (Lipinski definition) is 1. The SMILES string of the molecule is Nc1nc(N(c2ccccc2)c2ccncc2)sc1C(=O)c1c(F)cccc1F. The monoisotopic (exact) mass is 408 g/mol. The molecule has 2 N–H and O–H groups in total. The maximum absolute atomic E-state index is 14.1. The van der Waals surface area contributed by atoms with Crippen LogP contribution in [0.4, 0.5) is 31.1 Å². The van der Waals surface area contributed by atoms with Crippen molar-refractivity contribution in [3.63, 3.8) is 0 Å². The fourth-order valence-electron chi connectivity index (χ4n) is 2.85. The molecular weight excluding hydrogens is 394 g/mol. The van der Waals surface area contributed by atoms with Crippen LogP contribution >= 0.6 is 11.3 Å². The zero-order valence-corrected chi connectivity index (χ0v) is 15.7. The summed E-state index contributed by atoms with van der Waals surface area (Å²) in [6.45, 7) is 0. The molecule has 0 spiro atoms. The molecule has 2 aromatic heterocycles. The van der Waals surface area contributed by atoms with Gasteiger partial charge in [0.15, 0.2) is 5.13 Å². The lowest BCUT2D eigenvalue weighted by atomic mass is 10.1. The molecule has 144 valence electrons. The van der Waals surface area contributed by atoms with Crippen LogP contribution < -0.4 is 10.6 Å². The summed E-state index contributed by atoms with van der Waals surface area (Å²) < 4.78 is 28.2. The van der Waals surface area contributed by atoms with Gasteiger partial charge in [0.2, 0.25) is 5.78 Å². The van der Waals surface area contributed by atoms with Gasteiger partial charge in [-0.3, -0.25) is 14.7 Å². The number of pyridine rings is 1. The van der Waals surface area contributed by atoms with E-state index in [4.69, 9.17) is 5.73 Å². The van der Waals surface area contributed by atoms with Gasteiger partial charge in [-0.1, -0.05) is 35.6 Å². The van der Waals surface area contributed by atoms with Crippen molar-refractivity contribution in [3.8, 4) is 0 Å². The molecule has 4 rings (SSSR count). The number of carbonyl (C=O) groups excluding carboxylic acids is 1. The lowest BCUT2D eigenvalue weighted by Gasteiger charge is -2.21. The van der Waals surface area contributed by atoms with E-state index in [-0.39, 0.29) is 10.7 Å². The Morgan fingerprint density at radius 3 is 2.17 bits per heavy atom. The molecule has 2 aromatic carbocycles. The van der Waals surface area contributed by atoms with Gasteiger partial charge >= 0.3 is 0 Å². The highest BCUT2D eigenvalue weighted by Crippen LogP contribution is 2.39. The second kappa shape index (κ2) is 7.76. The maximum atomic E-state index is 14.1. The van der Waals surface area contributed by atoms with Crippen LogP contribution in [0.25, 0.3) is 0 Å². The third-order valence-electron chi connectivity index (χ3n) is 4.16. The summed E-state index contributed by atoms with van der Waals surface area (Å²) in [5, 5.41) is 0.389. The number of aromatic nitrogens is 2. The lowest BCUT2D eigenvalue weighted by molar-refractivity contribution is 0.103. The molecule has 0 aliphatic carbocycles. The topological polar surface area (TPSA) is 72.1 Å². The summed E-state index contributed by atoms with van der Waals surface area (Å²) in [6.07, 6.45) is 3.26. The molecule has 5 nitrogen and oxygen atoms in total. The van der Waals surface area contributed by atoms with Crippen LogP contribution in [0.1, 0.15) is 15.2 Å². The summed E-state index contributed by atoms with van der Waals surface area (Å²) in [4.78, 5) is 22.9. The molecular formula is C21H14F2N4OS. The number of para-hydroxylation sites is 1. The Kier molecular flexibility index (Phi) is 5.01. The highest BCUT2D eigenvalue weighted by molar-refractivity contribution is 7.18. The molecule has 0 bridgehead atoms. The second-order valence-corrected chi connectivity index (χ2v) is 6.99. The minimum absolute atomic E-state index is 0.0287. The fourth-order valence-corrected chi connectivity index (χ4v) is 3.82. The van der Waals surface area contributed by atoms with Crippen molar-refractivity contribution in [2.24, 2.45) is 0 Å². The van der Waals surface area contributed by atoms with Gasteiger partial charge in [-0.2, -0.15) is 0 Å². The smallest absolute Gasteiger partial charge is 0.212 e. The van der Waals surface area contributed by atoms with E-state index in [0.29, 0.717) is 5.13 Å². The van der Waals surface area contributed by atoms with Gasteiger partial charge in [0.05, 0.1) is 11.3 Å². The zero-order chi connectivity index (χ0) is 20.4. The molecule has 0 saturated heterocycles. The van der Waals surface area contributed by atoms with Gasteiger partial charge < -0.3 is 5.73 Å². The van der Waals surface area contributed by atoms with Gasteiger partial charge in [0.25, 0.3) is 0 Å². The van der Waals surface area contributed by atoms with Crippen LogP contribution in [0, 0.1) is 11.6 Å². The number of anilines is 4. The summed E-state index contributed by atoms with van der Waals surface area (Å²) in [6, 6.07) is 16.2. The highest BCUT2D eigenvalue weighted by Gasteiger charge is 2.26. The van der Waals surface area contributed by atoms with Gasteiger partial charge in [-0.05, 0) is 36.4 Å². The standard InChI is InChI=1S/C21H14F2N4OS/c22-15-7-4-8-16(23)17(15)18(28)19-20(24)26-21(29-19)27(13-5-2-1-3-6-13)14-9-11-25-12-10-14/h1-12H,24H2. The van der Waals surface area contributed by atoms with Gasteiger partial charge in [0.1, 0.15) is 22.3 Å². The number of halogens is 2. The molecule has 0 saturated carbocycles. The van der Waals surface area contributed by atoms with E-state index in [1.54, 1.807) is 29.4 Å². The third kappa shape index (κ3) is 3.57. The van der Waals surface area contributed by atoms with E-state index in [0.717, 1.165) is 34.8 Å². The Morgan fingerprint density at radius 1 is 0.897 bits per heavy atom. The Bertz CT molecular complexity index is 1110. The molecule has 0 atom stereocenters. The maximum Gasteiger partial charge on any atom is 0.212 e. The molecule has 4 aromatic rings. The Morgan fingerprint density at radius 2 is 1.52 bits per heavy atom. The minimum atomic E-state index is -0.946. The predicted molar refractivity (Wildman–Crippen MR) is 109 cm³/mol. The highest BCUT2D eigenvalue weighted by atomic mass is 32.1. The predicted octanol–water partition coefficient (Wildman–Crippen LogP) is 5.10. The third-order valence-corrected chi connectivity index (χ3v) is 5.22. The van der Waals surface area contributed by atoms with E-state index >= 15 is 0 Å². The van der Waals surface area contributed by atoms with Crippen molar-refractivity contribution in [2.45, 2.75) is 0 Å². The number of rotatable bonds is 5. The van der Waals surface area contributed by atoms with Crippen LogP contribution in [-0.4, -0.2) is 15.8 Å². The quantitative estimate of drug-likeness (QED) is 0.465. The van der Waals surface area contributed by atoms with E-state index in [1.807, 2.05) is 30.3 Å². The average Bonchev–Trinajstić information content (AvgIpc) is 3.10. The fraction of sp³-hybridized carbons (Fsp3) is 0. The van der Waals surface area contributed by atoms with Crippen LogP contribution in [0.3, 0.4) is 0 Å². The molecule has 2 heterocycles. The Hall–Kier alpha value is -3.65. The van der Waals surface area contributed by atoms with Crippen LogP contribution in [0.15, 0.2) is 73.1 Å². The minimum Gasteiger partial charge on any atom is -0.382 e. The molecule has 0 aliphatic heterocycles. The average molecular weight is 408 g/mol. The summed E-state index contributed by atoms with van der Waals surface area (Å²) in [5.41, 5.74) is 6.85. The van der Waals surface area contributed by atoms with Crippen molar-refractivity contribution < 1.29 is 13.6 Å². The number of thiazole rings is 1. The number of nitrogens with two attached hydrogens (primary N) is 1. The van der Waals surface area contributed by atoms with Gasteiger partial charge in [-0.25, -0.2) is 13.8 Å². The molecule has 0 amide bonds. The van der Waals surface area contributed by atoms with Crippen molar-refractivity contribution in [3.05, 3.63) is 95.1 Å². The van der Waals surface area contributed by atoms with Crippen molar-refractivity contribution in [1.29, 1.82) is 0 Å². The number of ketones is 1. The van der Waals surface area contributed by atoms with Gasteiger partial charge in [-0.15, -0.1) is 0 Å². The van der Waals surface area contributed by atoms with Crippen LogP contribution in [-0.2, 0) is 0 Å². The largest absolute Gasteiger partial charge is 0.382 e. The van der Waals surface area contributed by atoms with E-state index in [2.05, 4.69) is 9.97 Å². The van der Waals surface area contributed by atoms with Crippen molar-refractivity contribution in [2.75, 3.05) is 10.6 Å². The molecule has 29 heavy (non-hydrogen) atoms. The normalized spacial score (nSPS) is 10.7. The molecule has 0 radical (unpaired) electrons. The van der Waals surface area contributed by atoms with E-state index in [9.17, 15) is 13.6 Å². The first-order valence-electron chi connectivity index (χ1n) is 8.56. The molecule has 8 heteroatoms. The second-order valence-electron chi connectivity index (χ2n) is 6.01. The molecule has 0 aliphatic rings. The van der Waals surface area contributed by atoms with E-state index < -0.39 is 23.0 Å². The van der Waals surface area contributed by atoms with Gasteiger partial charge in [0, 0.05) is 18.1 Å². The number of nitrogen functional groups attached to an aromatic ring is 1. The number of carbonyl (C=O) groups is 1. The first-order valence-corrected chi connectivity index (χ1v) is 9.38. The van der Waals surface area contributed by atoms with Crippen molar-refractivity contribution >= 4 is 39.4 Å².